The van der Waals surface area contributed by atoms with E-state index in [0.29, 0.717) is 6.54 Å². The van der Waals surface area contributed by atoms with Gasteiger partial charge in [-0.2, -0.15) is 0 Å². The maximum Gasteiger partial charge on any atom is 0.291 e. The highest BCUT2D eigenvalue weighted by Gasteiger charge is 2.39. The van der Waals surface area contributed by atoms with E-state index in [4.69, 9.17) is 0 Å². The summed E-state index contributed by atoms with van der Waals surface area (Å²) in [4.78, 5) is 26.0. The number of hydrogen-bond donors (Lipinski definition) is 1. The van der Waals surface area contributed by atoms with Gasteiger partial charge in [0.2, 0.25) is 0 Å². The molecule has 3 rings (SSSR count). The molecular weight excluding hydrogens is 308 g/mol. The smallest absolute Gasteiger partial charge is 0.291 e. The van der Waals surface area contributed by atoms with Crippen LogP contribution >= 0.6 is 11.8 Å². The van der Waals surface area contributed by atoms with Gasteiger partial charge >= 0.3 is 0 Å². The van der Waals surface area contributed by atoms with Crippen molar-refractivity contribution < 1.29 is 9.59 Å². The van der Waals surface area contributed by atoms with E-state index in [0.717, 1.165) is 28.6 Å². The summed E-state index contributed by atoms with van der Waals surface area (Å²) in [6, 6.07) is 15.5. The Bertz CT molecular complexity index is 746. The van der Waals surface area contributed by atoms with Crippen LogP contribution in [0.2, 0.25) is 0 Å². The van der Waals surface area contributed by atoms with Crippen LogP contribution in [0.25, 0.3) is 0 Å². The molecule has 0 aromatic heterocycles. The summed E-state index contributed by atoms with van der Waals surface area (Å²) in [6.45, 7) is 4.33. The third kappa shape index (κ3) is 3.40. The minimum Gasteiger partial charge on any atom is -0.365 e. The average molecular weight is 326 g/mol. The molecule has 5 heteroatoms. The van der Waals surface area contributed by atoms with Crippen LogP contribution in [0.5, 0.6) is 0 Å². The van der Waals surface area contributed by atoms with Crippen molar-refractivity contribution in [2.75, 3.05) is 5.32 Å². The van der Waals surface area contributed by atoms with Crippen molar-refractivity contribution in [3.63, 3.8) is 0 Å². The summed E-state index contributed by atoms with van der Waals surface area (Å²) < 4.78 is 0. The Morgan fingerprint density at radius 3 is 2.52 bits per heavy atom. The molecule has 1 saturated heterocycles. The summed E-state index contributed by atoms with van der Waals surface area (Å²) in [5.74, 6) is -0.191. The fourth-order valence-electron chi connectivity index (χ4n) is 2.56. The largest absolute Gasteiger partial charge is 0.365 e. The molecule has 0 unspecified atom stereocenters. The first-order valence-corrected chi connectivity index (χ1v) is 8.32. The first-order valence-electron chi connectivity index (χ1n) is 7.44. The predicted molar refractivity (Wildman–Crippen MR) is 93.3 cm³/mol. The van der Waals surface area contributed by atoms with Gasteiger partial charge in [-0.15, -0.1) is 0 Å². The van der Waals surface area contributed by atoms with Crippen LogP contribution in [-0.4, -0.2) is 21.4 Å². The van der Waals surface area contributed by atoms with E-state index in [1.807, 2.05) is 56.3 Å². The van der Waals surface area contributed by atoms with E-state index in [-0.39, 0.29) is 11.1 Å². The van der Waals surface area contributed by atoms with Gasteiger partial charge in [-0.25, -0.2) is 0 Å². The fraction of sp³-hybridized carbons (Fsp3) is 0.222. The molecule has 1 aliphatic rings. The lowest BCUT2D eigenvalue weighted by Gasteiger charge is -2.16. The summed E-state index contributed by atoms with van der Waals surface area (Å²) in [5.41, 5.74) is 4.06. The number of imide groups is 1. The Morgan fingerprint density at radius 2 is 1.83 bits per heavy atom. The third-order valence-corrected chi connectivity index (χ3v) is 4.76. The number of carbonyl (C=O) groups excluding carboxylic acids is 2. The van der Waals surface area contributed by atoms with Crippen LogP contribution in [0, 0.1) is 13.8 Å². The van der Waals surface area contributed by atoms with Gasteiger partial charge in [-0.05, 0) is 42.8 Å². The van der Waals surface area contributed by atoms with Gasteiger partial charge < -0.3 is 5.32 Å². The molecule has 0 spiro atoms. The molecular formula is C18H18N2O2S. The van der Waals surface area contributed by atoms with Crippen LogP contribution in [0.1, 0.15) is 16.7 Å². The highest BCUT2D eigenvalue weighted by atomic mass is 32.2. The first kappa shape index (κ1) is 15.6. The lowest BCUT2D eigenvalue weighted by molar-refractivity contribution is -0.126. The van der Waals surface area contributed by atoms with Crippen molar-refractivity contribution in [3.8, 4) is 0 Å². The molecule has 2 aromatic rings. The number of nitrogens with zero attached hydrogens (tertiary/aromatic N) is 1. The number of anilines is 1. The topological polar surface area (TPSA) is 49.4 Å². The molecule has 1 aliphatic heterocycles. The van der Waals surface area contributed by atoms with E-state index in [2.05, 4.69) is 11.4 Å². The van der Waals surface area contributed by atoms with Crippen LogP contribution < -0.4 is 5.32 Å². The Labute approximate surface area is 139 Å². The maximum absolute atomic E-state index is 12.5. The summed E-state index contributed by atoms with van der Waals surface area (Å²) in [7, 11) is 0. The molecule has 1 N–H and O–H groups in total. The number of thioether (sulfide) groups is 1. The van der Waals surface area contributed by atoms with Crippen molar-refractivity contribution in [2.45, 2.75) is 25.8 Å². The third-order valence-electron chi connectivity index (χ3n) is 3.78. The molecule has 1 atom stereocenters. The SMILES string of the molecule is Cc1ccc(N[C@H]2SC(=O)N(Cc3ccccc3)C2=O)c(C)c1. The van der Waals surface area contributed by atoms with E-state index >= 15 is 0 Å². The number of benzene rings is 2. The molecule has 1 fully saturated rings. The molecule has 4 nitrogen and oxygen atoms in total. The normalized spacial score (nSPS) is 17.7. The van der Waals surface area contributed by atoms with E-state index in [9.17, 15) is 9.59 Å². The minimum atomic E-state index is -0.562. The van der Waals surface area contributed by atoms with Crippen LogP contribution in [0.3, 0.4) is 0 Å². The van der Waals surface area contributed by atoms with Crippen molar-refractivity contribution in [3.05, 3.63) is 65.2 Å². The summed E-state index contributed by atoms with van der Waals surface area (Å²) >= 11 is 1.04. The second-order valence-electron chi connectivity index (χ2n) is 5.64. The summed E-state index contributed by atoms with van der Waals surface area (Å²) in [6.07, 6.45) is 0. The van der Waals surface area contributed by atoms with Crippen molar-refractivity contribution in [1.29, 1.82) is 0 Å². The van der Waals surface area contributed by atoms with Crippen molar-refractivity contribution in [2.24, 2.45) is 0 Å². The van der Waals surface area contributed by atoms with Crippen LogP contribution in [0.4, 0.5) is 10.5 Å². The van der Waals surface area contributed by atoms with Crippen molar-refractivity contribution >= 4 is 28.6 Å². The molecule has 1 heterocycles. The van der Waals surface area contributed by atoms with E-state index < -0.39 is 5.37 Å². The molecule has 118 valence electrons. The maximum atomic E-state index is 12.5. The predicted octanol–water partition coefficient (Wildman–Crippen LogP) is 3.94. The molecule has 23 heavy (non-hydrogen) atoms. The number of rotatable bonds is 4. The Balaban J connectivity index is 1.73. The molecule has 0 radical (unpaired) electrons. The number of hydrogen-bond acceptors (Lipinski definition) is 4. The lowest BCUT2D eigenvalue weighted by atomic mass is 10.1. The zero-order valence-corrected chi connectivity index (χ0v) is 13.9. The molecule has 0 saturated carbocycles. The first-order chi connectivity index (χ1) is 11.0. The van der Waals surface area contributed by atoms with Gasteiger partial charge in [0.1, 0.15) is 0 Å². The van der Waals surface area contributed by atoms with Crippen LogP contribution in [-0.2, 0) is 11.3 Å². The average Bonchev–Trinajstić information content (AvgIpc) is 2.79. The zero-order chi connectivity index (χ0) is 16.4. The highest BCUT2D eigenvalue weighted by Crippen LogP contribution is 2.30. The highest BCUT2D eigenvalue weighted by molar-refractivity contribution is 8.15. The van der Waals surface area contributed by atoms with Gasteiger partial charge in [0.25, 0.3) is 11.1 Å². The number of nitrogens with one attached hydrogen (secondary N) is 1. The molecule has 0 aliphatic carbocycles. The van der Waals surface area contributed by atoms with Gasteiger partial charge in [-0.3, -0.25) is 14.5 Å². The Hall–Kier alpha value is -2.27. The molecule has 2 amide bonds. The number of carbonyl (C=O) groups is 2. The Kier molecular flexibility index (Phi) is 4.39. The second kappa shape index (κ2) is 6.46. The summed E-state index contributed by atoms with van der Waals surface area (Å²) in [5, 5.41) is 2.41. The fourth-order valence-corrected chi connectivity index (χ4v) is 3.46. The number of aryl methyl sites for hydroxylation is 2. The quantitative estimate of drug-likeness (QED) is 0.924. The second-order valence-corrected chi connectivity index (χ2v) is 6.69. The zero-order valence-electron chi connectivity index (χ0n) is 13.1. The number of amides is 2. The monoisotopic (exact) mass is 326 g/mol. The van der Waals surface area contributed by atoms with Gasteiger partial charge in [0.05, 0.1) is 6.54 Å². The molecule has 2 aromatic carbocycles. The van der Waals surface area contributed by atoms with Gasteiger partial charge in [0.15, 0.2) is 5.37 Å². The van der Waals surface area contributed by atoms with E-state index in [1.54, 1.807) is 0 Å². The Morgan fingerprint density at radius 1 is 1.09 bits per heavy atom. The standard InChI is InChI=1S/C18H18N2O2S/c1-12-8-9-15(13(2)10-12)19-16-17(21)20(18(22)23-16)11-14-6-4-3-5-7-14/h3-10,16,19H,11H2,1-2H3/t16-/m0/s1. The van der Waals surface area contributed by atoms with Gasteiger partial charge in [-0.1, -0.05) is 48.0 Å². The lowest BCUT2D eigenvalue weighted by Crippen LogP contribution is -2.34. The molecule has 0 bridgehead atoms. The van der Waals surface area contributed by atoms with E-state index in [1.165, 1.54) is 10.5 Å². The van der Waals surface area contributed by atoms with Gasteiger partial charge in [0, 0.05) is 5.69 Å². The van der Waals surface area contributed by atoms with Crippen LogP contribution in [0.15, 0.2) is 48.5 Å². The van der Waals surface area contributed by atoms with Crippen molar-refractivity contribution in [1.82, 2.24) is 4.90 Å². The minimum absolute atomic E-state index is 0.191.